The van der Waals surface area contributed by atoms with Crippen molar-refractivity contribution < 1.29 is 54.3 Å². The molecule has 4 aliphatic carbocycles. The van der Waals surface area contributed by atoms with Gasteiger partial charge in [0.25, 0.3) is 21.9 Å². The molecule has 137 heavy (non-hydrogen) atoms. The van der Waals surface area contributed by atoms with Gasteiger partial charge in [-0.3, -0.25) is 28.4 Å². The number of aliphatic hydroxyl groups is 1. The summed E-state index contributed by atoms with van der Waals surface area (Å²) < 4.78 is 99.5. The second-order valence-electron chi connectivity index (χ2n) is 32.0. The van der Waals surface area contributed by atoms with Crippen molar-refractivity contribution in [3.05, 3.63) is 328 Å². The number of fused-ring (bicyclic) bond motifs is 10. The number of nitriles is 3. The Morgan fingerprint density at radius 1 is 0.526 bits per heavy atom. The van der Waals surface area contributed by atoms with Crippen LogP contribution in [0.4, 0.5) is 17.6 Å². The Morgan fingerprint density at radius 3 is 1.42 bits per heavy atom. The first kappa shape index (κ1) is 98.2. The standard InChI is InChI=1S/C25H20F2N8.C23H18N4.C21H17ClF2N4.C5H9N3O3S.C5H7N3O2.C4H4N4.C4H5N3O2.C4H7N3O/c1-24(2)15-6-9-25(24,19-8-11-29-23(31-19)35-13-30-20(34-35)7-10-28)22-14(15)12-18(32-33-22)21-16(26)4-3-5-17(21)27;24-17-16-22-25-18-27(26-22)23(19-10-4-1-5-11-19,20-12-6-2-7-13-20)21-14-8-3-9-15-21;1-20(2)12-6-8-21(20,16-7-9-25-19(22)26-16)18-11(12)10-15(27-28-18)17-13(23)4-3-5-14(17)24;1-8-4-6-5(7-8)3-11-12(2,9)10;1-8-3-6-4(7-8)5(9)10-2;5-2-1-4-6-3-7-8-4;1-9-4(8)3-5-2-6-7-3;1-7-3-5-4(2-8)6-7/h3-5,8,11-13,15H,6-7,9H2,1-2H3;1-15,18H,16H2;3-5,7,9-10,12H,6,8H2,1-2H3;4H,3H2,1-2H3;3H,1-2H3;3H,1H2,(H,6,7,8);2H,1H3,(H,5,6,7);3,8H,2H2,1H3/t15-,25-;;12-,21-;;;;;/m0.0...../s1. The zero-order chi connectivity index (χ0) is 97.8. The van der Waals surface area contributed by atoms with E-state index in [1.807, 2.05) is 83.6 Å². The number of carbonyl (C=O) groups is 2. The van der Waals surface area contributed by atoms with Gasteiger partial charge in [-0.05, 0) is 136 Å². The first-order valence-corrected chi connectivity index (χ1v) is 44.0. The number of ether oxygens (including phenoxy) is 2. The maximum atomic E-state index is 14.5. The van der Waals surface area contributed by atoms with Crippen LogP contribution in [0.5, 0.6) is 0 Å². The maximum absolute atomic E-state index is 14.5. The molecule has 0 amide bonds. The summed E-state index contributed by atoms with van der Waals surface area (Å²) in [5.74, 6) is -0.411. The molecule has 40 nitrogen and oxygen atoms in total. The molecule has 4 atom stereocenters. The number of aromatic amines is 2. The highest BCUT2D eigenvalue weighted by Gasteiger charge is 2.66. The third-order valence-corrected chi connectivity index (χ3v) is 24.1. The van der Waals surface area contributed by atoms with Crippen molar-refractivity contribution in [3.63, 3.8) is 0 Å². The number of carbonyl (C=O) groups excluding carboxylic acids is 2. The Kier molecular flexibility index (Phi) is 30.9. The number of esters is 2. The smallest absolute Gasteiger partial charge is 0.377 e. The van der Waals surface area contributed by atoms with E-state index >= 15 is 0 Å². The second kappa shape index (κ2) is 43.1. The number of hydrogen-bond donors (Lipinski definition) is 3. The molecule has 46 heteroatoms. The molecule has 4 bridgehead atoms. The van der Waals surface area contributed by atoms with E-state index in [1.165, 1.54) is 96.3 Å². The molecular formula is C91H87ClF4N32O8S. The summed E-state index contributed by atoms with van der Waals surface area (Å²) in [5, 5.41) is 84.4. The summed E-state index contributed by atoms with van der Waals surface area (Å²) in [6, 6.07) is 51.8. The van der Waals surface area contributed by atoms with E-state index in [1.54, 1.807) is 63.0 Å². The van der Waals surface area contributed by atoms with E-state index in [4.69, 9.17) is 37.5 Å². The Balaban J connectivity index is 0.000000141. The number of benzene rings is 5. The molecule has 0 saturated heterocycles. The van der Waals surface area contributed by atoms with Crippen molar-refractivity contribution in [2.24, 2.45) is 32.0 Å². The van der Waals surface area contributed by atoms with Crippen molar-refractivity contribution in [3.8, 4) is 46.7 Å². The molecule has 11 heterocycles. The molecule has 3 N–H and O–H groups in total. The summed E-state index contributed by atoms with van der Waals surface area (Å²) in [6.07, 6.45) is 18.7. The molecule has 0 radical (unpaired) electrons. The number of H-pyrrole nitrogens is 2. The maximum Gasteiger partial charge on any atom is 0.377 e. The fourth-order valence-electron chi connectivity index (χ4n) is 17.3. The van der Waals surface area contributed by atoms with Crippen LogP contribution in [0.3, 0.4) is 0 Å². The van der Waals surface area contributed by atoms with E-state index in [-0.39, 0.29) is 88.2 Å². The van der Waals surface area contributed by atoms with Gasteiger partial charge in [-0.2, -0.15) is 64.6 Å². The number of aliphatic hydroxyl groups excluding tert-OH is 1. The zero-order valence-electron chi connectivity index (χ0n) is 75.2. The lowest BCUT2D eigenvalue weighted by molar-refractivity contribution is 0.0578. The number of nitrogens with one attached hydrogen (secondary N) is 2. The largest absolute Gasteiger partial charge is 0.463 e. The lowest BCUT2D eigenvalue weighted by Crippen LogP contribution is -2.38. The van der Waals surface area contributed by atoms with Crippen LogP contribution in [0, 0.1) is 68.1 Å². The van der Waals surface area contributed by atoms with Crippen molar-refractivity contribution in [2.75, 3.05) is 20.5 Å². The summed E-state index contributed by atoms with van der Waals surface area (Å²) in [7, 11) is 4.30. The SMILES string of the molecule is CC1(C)[C@H]2CC[C@]1(c1ccnc(-n3cnc(CC#N)n3)n1)c1nnc(-c3c(F)cccc3F)cc12.CC1(C)[C@H]2CC[C@]1(c1ccnc(Cl)n1)c1nnc(-c3c(F)cccc3F)cc12.COC(=O)c1ncn(C)n1.COC(=O)c1ncn[nH]1.Cn1cnc(CO)n1.Cn1cnc(COS(C)(=O)=O)n1.N#CCc1ncn(C(c2ccccc2)(c2ccccc2)c2ccccc2)n1.N#CCc1ncn[nH]1. The molecule has 2 saturated carbocycles. The van der Waals surface area contributed by atoms with Gasteiger partial charge in [-0.1, -0.05) is 131 Å². The number of aryl methyl sites for hydroxylation is 3. The summed E-state index contributed by atoms with van der Waals surface area (Å²) in [6.45, 7) is 8.54. The molecular weight excluding hydrogens is 1810 g/mol. The number of methoxy groups -OCH3 is 2. The van der Waals surface area contributed by atoms with E-state index < -0.39 is 61.7 Å². The minimum absolute atomic E-state index is 0.0825. The molecule has 4 aliphatic rings. The van der Waals surface area contributed by atoms with Crippen LogP contribution in [0.2, 0.25) is 5.28 Å². The highest BCUT2D eigenvalue weighted by molar-refractivity contribution is 7.85. The van der Waals surface area contributed by atoms with Gasteiger partial charge in [0.2, 0.25) is 11.1 Å². The Morgan fingerprint density at radius 2 is 0.985 bits per heavy atom. The number of nitrogens with zero attached hydrogens (tertiary/aromatic N) is 30. The quantitative estimate of drug-likeness (QED) is 0.0236. The highest BCUT2D eigenvalue weighted by Crippen LogP contribution is 2.71. The van der Waals surface area contributed by atoms with Gasteiger partial charge in [0.05, 0.1) is 114 Å². The monoisotopic (exact) mass is 1900 g/mol. The van der Waals surface area contributed by atoms with Gasteiger partial charge in [0.1, 0.15) is 92.1 Å². The Labute approximate surface area is 785 Å². The fourth-order valence-corrected chi connectivity index (χ4v) is 17.7. The average molecular weight is 1900 g/mol. The van der Waals surface area contributed by atoms with Gasteiger partial charge >= 0.3 is 11.9 Å². The summed E-state index contributed by atoms with van der Waals surface area (Å²) in [5.41, 5.74) is 6.36. The minimum atomic E-state index is -3.40. The van der Waals surface area contributed by atoms with Crippen LogP contribution >= 0.6 is 11.6 Å². The van der Waals surface area contributed by atoms with Crippen LogP contribution in [0.1, 0.15) is 166 Å². The first-order chi connectivity index (χ1) is 65.9. The Bertz CT molecular complexity index is 6980. The summed E-state index contributed by atoms with van der Waals surface area (Å²) in [4.78, 5) is 65.8. The van der Waals surface area contributed by atoms with Gasteiger partial charge < -0.3 is 14.6 Å². The molecule has 0 unspecified atom stereocenters. The third-order valence-electron chi connectivity index (χ3n) is 23.3. The molecule has 16 aromatic rings. The van der Waals surface area contributed by atoms with Crippen LogP contribution < -0.4 is 0 Å². The predicted octanol–water partition coefficient (Wildman–Crippen LogP) is 11.0. The number of rotatable bonds is 18. The minimum Gasteiger partial charge on any atom is -0.463 e. The lowest BCUT2D eigenvalue weighted by atomic mass is 9.66. The highest BCUT2D eigenvalue weighted by atomic mass is 35.5. The third kappa shape index (κ3) is 21.2. The number of hydrogen-bond acceptors (Lipinski definition) is 33. The van der Waals surface area contributed by atoms with Gasteiger partial charge in [0, 0.05) is 33.5 Å². The van der Waals surface area contributed by atoms with E-state index in [0.717, 1.165) is 82.5 Å². The van der Waals surface area contributed by atoms with Crippen molar-refractivity contribution in [2.45, 2.75) is 114 Å². The zero-order valence-corrected chi connectivity index (χ0v) is 76.7. The van der Waals surface area contributed by atoms with Crippen LogP contribution in [-0.4, -0.2) is 190 Å². The van der Waals surface area contributed by atoms with Gasteiger partial charge in [-0.15, -0.1) is 20.4 Å². The lowest BCUT2D eigenvalue weighted by Gasteiger charge is -2.37. The summed E-state index contributed by atoms with van der Waals surface area (Å²) >= 11 is 6.07. The molecule has 0 aliphatic heterocycles. The van der Waals surface area contributed by atoms with E-state index in [2.05, 4.69) is 200 Å². The van der Waals surface area contributed by atoms with Crippen molar-refractivity contribution >= 4 is 33.7 Å². The first-order valence-electron chi connectivity index (χ1n) is 41.8. The molecule has 5 aromatic carbocycles. The number of halogens is 5. The second-order valence-corrected chi connectivity index (χ2v) is 33.9. The fraction of sp³-hybridized carbons (Fsp3) is 0.286. The molecule has 0 spiro atoms. The van der Waals surface area contributed by atoms with Gasteiger partial charge in [0.15, 0.2) is 23.3 Å². The Hall–Kier alpha value is -16.3. The molecule has 11 aromatic heterocycles. The molecule has 20 rings (SSSR count). The van der Waals surface area contributed by atoms with Crippen LogP contribution in [0.25, 0.3) is 28.5 Å². The van der Waals surface area contributed by atoms with Crippen molar-refractivity contribution in [1.29, 1.82) is 15.8 Å². The number of aromatic nitrogens is 29. The normalized spacial score (nSPS) is 16.1. The molecule has 700 valence electrons. The average Bonchev–Trinajstić information content (AvgIpc) is 1.54. The van der Waals surface area contributed by atoms with Crippen LogP contribution in [-0.2, 0) is 93.8 Å². The topological polar surface area (TPSA) is 527 Å². The predicted molar refractivity (Wildman–Crippen MR) is 478 cm³/mol. The van der Waals surface area contributed by atoms with E-state index in [9.17, 15) is 35.6 Å². The van der Waals surface area contributed by atoms with Gasteiger partial charge in [-0.25, -0.2) is 86.7 Å². The van der Waals surface area contributed by atoms with E-state index in [0.29, 0.717) is 41.5 Å². The molecule has 2 fully saturated rings. The van der Waals surface area contributed by atoms with Crippen molar-refractivity contribution in [1.82, 2.24) is 145 Å². The van der Waals surface area contributed by atoms with Crippen LogP contribution in [0.15, 0.2) is 208 Å².